The van der Waals surface area contributed by atoms with Crippen LogP contribution in [0, 0.1) is 11.3 Å². The van der Waals surface area contributed by atoms with Crippen molar-refractivity contribution in [3.05, 3.63) is 23.0 Å². The van der Waals surface area contributed by atoms with Crippen molar-refractivity contribution in [1.82, 2.24) is 9.55 Å². The Hall–Kier alpha value is -1.89. The number of nitrogens with one attached hydrogen (secondary N) is 1. The zero-order valence-corrected chi connectivity index (χ0v) is 21.5. The van der Waals surface area contributed by atoms with E-state index in [-0.39, 0.29) is 53.8 Å². The summed E-state index contributed by atoms with van der Waals surface area (Å²) >= 11 is 6.38. The monoisotopic (exact) mass is 584 g/mol. The Morgan fingerprint density at radius 3 is 2.54 bits per heavy atom. The standard InChI is InChI=1S/C20H24ClF2N4O8PS/c21-14-12(7-24)26-18-11(15(14)25-10-1-4-20(22,23)5-2-10)3-6-27(18)19-17(29)16(28)13(35-19)8-37(33,34)9-36(30,31)32/h3,6,10,13,16-17,19,28-29H,1-2,4-5,8-9H2,(H,25,26)(H2,30,31,32)/t13-,16-,17-,19-/m1/s1. The van der Waals surface area contributed by atoms with Crippen molar-refractivity contribution in [3.63, 3.8) is 0 Å². The lowest BCUT2D eigenvalue weighted by Crippen LogP contribution is -2.35. The molecule has 17 heteroatoms. The first-order valence-corrected chi connectivity index (χ1v) is 15.1. The maximum absolute atomic E-state index is 13.6. The van der Waals surface area contributed by atoms with Gasteiger partial charge in [0.2, 0.25) is 5.92 Å². The summed E-state index contributed by atoms with van der Waals surface area (Å²) in [5.74, 6) is -3.71. The second-order valence-corrected chi connectivity index (χ2v) is 13.8. The molecule has 1 saturated heterocycles. The van der Waals surface area contributed by atoms with E-state index in [4.69, 9.17) is 26.1 Å². The number of aromatic nitrogens is 2. The number of nitrogens with zero attached hydrogens (tertiary/aromatic N) is 3. The van der Waals surface area contributed by atoms with E-state index in [0.29, 0.717) is 5.39 Å². The first kappa shape index (κ1) is 28.1. The molecule has 4 rings (SSSR count). The predicted molar refractivity (Wildman–Crippen MR) is 127 cm³/mol. The van der Waals surface area contributed by atoms with Crippen molar-refractivity contribution in [1.29, 1.82) is 5.26 Å². The van der Waals surface area contributed by atoms with Crippen molar-refractivity contribution in [2.75, 3.05) is 16.6 Å². The van der Waals surface area contributed by atoms with Gasteiger partial charge in [-0.05, 0) is 18.9 Å². The quantitative estimate of drug-likeness (QED) is 0.297. The molecule has 204 valence electrons. The zero-order valence-electron chi connectivity index (χ0n) is 19.0. The summed E-state index contributed by atoms with van der Waals surface area (Å²) in [6, 6.07) is 3.02. The molecule has 0 radical (unpaired) electrons. The van der Waals surface area contributed by atoms with Crippen LogP contribution in [-0.2, 0) is 19.1 Å². The SMILES string of the molecule is N#Cc1nc2c(ccn2[C@@H]2O[C@H](CS(=O)(=O)CP(=O)(O)O)[C@@H](O)[C@H]2O)c(NC2CCC(F)(F)CC2)c1Cl. The van der Waals surface area contributed by atoms with Gasteiger partial charge in [-0.25, -0.2) is 22.2 Å². The average Bonchev–Trinajstić information content (AvgIpc) is 3.30. The summed E-state index contributed by atoms with van der Waals surface area (Å²) in [6.45, 7) is 0. The number of hydrogen-bond acceptors (Lipinski definition) is 9. The van der Waals surface area contributed by atoms with Gasteiger partial charge in [0, 0.05) is 30.5 Å². The Morgan fingerprint density at radius 1 is 1.30 bits per heavy atom. The molecule has 2 aromatic heterocycles. The van der Waals surface area contributed by atoms with Crippen LogP contribution in [0.25, 0.3) is 11.0 Å². The van der Waals surface area contributed by atoms with Crippen LogP contribution in [0.4, 0.5) is 14.5 Å². The lowest BCUT2D eigenvalue weighted by atomic mass is 9.92. The molecule has 0 unspecified atom stereocenters. The van der Waals surface area contributed by atoms with Gasteiger partial charge in [-0.15, -0.1) is 0 Å². The molecule has 0 spiro atoms. The highest BCUT2D eigenvalue weighted by Gasteiger charge is 2.46. The number of rotatable bonds is 7. The first-order valence-electron chi connectivity index (χ1n) is 11.1. The van der Waals surface area contributed by atoms with Gasteiger partial charge in [0.25, 0.3) is 0 Å². The summed E-state index contributed by atoms with van der Waals surface area (Å²) in [7, 11) is -9.28. The first-order chi connectivity index (χ1) is 17.1. The highest BCUT2D eigenvalue weighted by atomic mass is 35.5. The van der Waals surface area contributed by atoms with Crippen molar-refractivity contribution in [2.45, 2.75) is 62.2 Å². The number of alkyl halides is 2. The number of fused-ring (bicyclic) bond motifs is 1. The van der Waals surface area contributed by atoms with E-state index in [9.17, 15) is 37.2 Å². The maximum atomic E-state index is 13.6. The highest BCUT2D eigenvalue weighted by molar-refractivity contribution is 7.97. The molecule has 2 aliphatic rings. The minimum absolute atomic E-state index is 0.0283. The molecule has 0 aromatic carbocycles. The van der Waals surface area contributed by atoms with Crippen LogP contribution in [0.15, 0.2) is 12.3 Å². The Bertz CT molecular complexity index is 1380. The summed E-state index contributed by atoms with van der Waals surface area (Å²) in [5, 5.41) is 34.0. The van der Waals surface area contributed by atoms with E-state index in [1.807, 2.05) is 6.07 Å². The van der Waals surface area contributed by atoms with Crippen LogP contribution in [0.3, 0.4) is 0 Å². The Balaban J connectivity index is 1.64. The number of aliphatic hydroxyl groups excluding tert-OH is 2. The van der Waals surface area contributed by atoms with E-state index in [1.54, 1.807) is 0 Å². The van der Waals surface area contributed by atoms with Gasteiger partial charge >= 0.3 is 7.60 Å². The molecule has 2 fully saturated rings. The summed E-state index contributed by atoms with van der Waals surface area (Å²) < 4.78 is 69.5. The molecule has 1 aliphatic heterocycles. The van der Waals surface area contributed by atoms with Crippen LogP contribution in [0.5, 0.6) is 0 Å². The lowest BCUT2D eigenvalue weighted by molar-refractivity contribution is -0.0360. The third-order valence-electron chi connectivity index (χ3n) is 6.37. The average molecular weight is 585 g/mol. The Labute approximate surface area is 214 Å². The molecule has 12 nitrogen and oxygen atoms in total. The number of anilines is 1. The van der Waals surface area contributed by atoms with E-state index < -0.39 is 59.1 Å². The third kappa shape index (κ3) is 6.07. The summed E-state index contributed by atoms with van der Waals surface area (Å²) in [4.78, 5) is 22.2. The van der Waals surface area contributed by atoms with Crippen molar-refractivity contribution in [3.8, 4) is 6.07 Å². The van der Waals surface area contributed by atoms with E-state index in [0.717, 1.165) is 0 Å². The predicted octanol–water partition coefficient (Wildman–Crippen LogP) is 1.72. The molecular formula is C20H24ClF2N4O8PS. The fourth-order valence-corrected chi connectivity index (χ4v) is 8.10. The van der Waals surface area contributed by atoms with Crippen molar-refractivity contribution in [2.24, 2.45) is 0 Å². The van der Waals surface area contributed by atoms with Gasteiger partial charge in [-0.2, -0.15) is 5.26 Å². The third-order valence-corrected chi connectivity index (χ3v) is 10.5. The second-order valence-electron chi connectivity index (χ2n) is 9.25. The van der Waals surface area contributed by atoms with Gasteiger partial charge in [0.1, 0.15) is 35.1 Å². The van der Waals surface area contributed by atoms with Crippen LogP contribution in [-0.4, -0.2) is 79.5 Å². The molecule has 5 N–H and O–H groups in total. The van der Waals surface area contributed by atoms with Crippen molar-refractivity contribution >= 4 is 45.8 Å². The molecule has 1 aliphatic carbocycles. The number of aliphatic hydroxyl groups is 2. The molecular weight excluding hydrogens is 561 g/mol. The minimum Gasteiger partial charge on any atom is -0.387 e. The molecule has 0 bridgehead atoms. The minimum atomic E-state index is -4.91. The Morgan fingerprint density at radius 2 is 1.95 bits per heavy atom. The zero-order chi connectivity index (χ0) is 27.3. The number of hydrogen-bond donors (Lipinski definition) is 5. The highest BCUT2D eigenvalue weighted by Crippen LogP contribution is 2.41. The van der Waals surface area contributed by atoms with Crippen LogP contribution < -0.4 is 5.32 Å². The van der Waals surface area contributed by atoms with Gasteiger partial charge in [0.15, 0.2) is 27.3 Å². The van der Waals surface area contributed by atoms with E-state index >= 15 is 0 Å². The second kappa shape index (κ2) is 10.0. The number of pyridine rings is 1. The van der Waals surface area contributed by atoms with Gasteiger partial charge < -0.3 is 34.6 Å². The lowest BCUT2D eigenvalue weighted by Gasteiger charge is -2.30. The van der Waals surface area contributed by atoms with Crippen LogP contribution in [0.1, 0.15) is 37.6 Å². The van der Waals surface area contributed by atoms with E-state index in [1.165, 1.54) is 16.8 Å². The molecule has 0 amide bonds. The molecule has 37 heavy (non-hydrogen) atoms. The van der Waals surface area contributed by atoms with Crippen LogP contribution in [0.2, 0.25) is 5.02 Å². The smallest absolute Gasteiger partial charge is 0.340 e. The number of ether oxygens (including phenoxy) is 1. The summed E-state index contributed by atoms with van der Waals surface area (Å²) in [5.41, 5.74) is -1.30. The fourth-order valence-electron chi connectivity index (χ4n) is 4.61. The van der Waals surface area contributed by atoms with Gasteiger partial charge in [0.05, 0.1) is 11.4 Å². The van der Waals surface area contributed by atoms with Crippen molar-refractivity contribution < 1.29 is 46.5 Å². The molecule has 4 atom stereocenters. The van der Waals surface area contributed by atoms with Gasteiger partial charge in [-0.1, -0.05) is 11.6 Å². The number of sulfone groups is 1. The molecule has 1 saturated carbocycles. The van der Waals surface area contributed by atoms with Crippen LogP contribution >= 0.6 is 19.2 Å². The number of halogens is 3. The summed E-state index contributed by atoms with van der Waals surface area (Å²) in [6.07, 6.45) is -5.16. The normalized spacial score (nSPS) is 26.9. The van der Waals surface area contributed by atoms with E-state index in [2.05, 4.69) is 10.3 Å². The largest absolute Gasteiger partial charge is 0.387 e. The van der Waals surface area contributed by atoms with Gasteiger partial charge in [-0.3, -0.25) is 4.57 Å². The molecule has 2 aromatic rings. The Kier molecular flexibility index (Phi) is 7.61. The topological polar surface area (TPSA) is 195 Å². The maximum Gasteiger partial charge on any atom is 0.340 e. The fraction of sp³-hybridized carbons (Fsp3) is 0.600. The number of nitriles is 1. The molecule has 3 heterocycles.